The second kappa shape index (κ2) is 6.11. The van der Waals surface area contributed by atoms with Gasteiger partial charge in [0.05, 0.1) is 12.1 Å². The van der Waals surface area contributed by atoms with Crippen molar-refractivity contribution in [1.82, 2.24) is 20.0 Å². The summed E-state index contributed by atoms with van der Waals surface area (Å²) < 4.78 is 5.24. The second-order valence-electron chi connectivity index (χ2n) is 5.34. The smallest absolute Gasteiger partial charge is 0.241 e. The molecule has 6 nitrogen and oxygen atoms in total. The molecule has 0 aliphatic carbocycles. The summed E-state index contributed by atoms with van der Waals surface area (Å²) in [5.41, 5.74) is -0.0622. The third-order valence-corrected chi connectivity index (χ3v) is 2.78. The Bertz CT molecular complexity index is 534. The van der Waals surface area contributed by atoms with E-state index in [0.717, 1.165) is 6.54 Å². The summed E-state index contributed by atoms with van der Waals surface area (Å²) in [6.07, 6.45) is 1.69. The first-order valence-electron chi connectivity index (χ1n) is 6.66. The van der Waals surface area contributed by atoms with Crippen LogP contribution in [0.1, 0.15) is 26.7 Å². The van der Waals surface area contributed by atoms with Crippen molar-refractivity contribution in [3.8, 4) is 11.5 Å². The van der Waals surface area contributed by atoms with Crippen LogP contribution in [0.25, 0.3) is 11.5 Å². The van der Waals surface area contributed by atoms with Crippen LogP contribution >= 0.6 is 0 Å². The molecule has 0 amide bonds. The van der Waals surface area contributed by atoms with E-state index >= 15 is 0 Å². The lowest BCUT2D eigenvalue weighted by Crippen LogP contribution is -2.38. The summed E-state index contributed by atoms with van der Waals surface area (Å²) in [4.78, 5) is 10.6. The predicted octanol–water partition coefficient (Wildman–Crippen LogP) is 1.72. The lowest BCUT2D eigenvalue weighted by molar-refractivity contribution is 0.0322. The van der Waals surface area contributed by atoms with Crippen LogP contribution in [0.5, 0.6) is 0 Å². The highest BCUT2D eigenvalue weighted by Gasteiger charge is 2.19. The molecule has 0 saturated carbocycles. The fourth-order valence-corrected chi connectivity index (χ4v) is 1.94. The normalized spacial score (nSPS) is 12.1. The van der Waals surface area contributed by atoms with Crippen LogP contribution in [0.3, 0.4) is 0 Å². The minimum Gasteiger partial charge on any atom is -0.389 e. The third kappa shape index (κ3) is 4.11. The Labute approximate surface area is 118 Å². The van der Waals surface area contributed by atoms with Crippen molar-refractivity contribution < 1.29 is 9.63 Å². The molecule has 20 heavy (non-hydrogen) atoms. The molecular weight excluding hydrogens is 256 g/mol. The predicted molar refractivity (Wildman–Crippen MR) is 74.8 cm³/mol. The Morgan fingerprint density at radius 1 is 1.35 bits per heavy atom. The molecule has 6 heteroatoms. The molecule has 0 saturated heterocycles. The van der Waals surface area contributed by atoms with E-state index in [-0.39, 0.29) is 0 Å². The maximum atomic E-state index is 9.86. The summed E-state index contributed by atoms with van der Waals surface area (Å²) in [6.45, 7) is 7.45. The van der Waals surface area contributed by atoms with Gasteiger partial charge in [0.2, 0.25) is 11.7 Å². The van der Waals surface area contributed by atoms with Gasteiger partial charge in [-0.05, 0) is 32.5 Å². The van der Waals surface area contributed by atoms with Crippen molar-refractivity contribution >= 4 is 0 Å². The molecule has 0 fully saturated rings. The quantitative estimate of drug-likeness (QED) is 0.866. The average molecular weight is 276 g/mol. The van der Waals surface area contributed by atoms with Crippen LogP contribution in [0.4, 0.5) is 0 Å². The van der Waals surface area contributed by atoms with Crippen LogP contribution in [0, 0.1) is 0 Å². The van der Waals surface area contributed by atoms with Gasteiger partial charge in [-0.15, -0.1) is 0 Å². The average Bonchev–Trinajstić information content (AvgIpc) is 2.86. The van der Waals surface area contributed by atoms with Crippen molar-refractivity contribution in [1.29, 1.82) is 0 Å². The molecule has 0 atom stereocenters. The molecule has 0 unspecified atom stereocenters. The van der Waals surface area contributed by atoms with Crippen molar-refractivity contribution in [3.63, 3.8) is 0 Å². The molecule has 2 aromatic heterocycles. The number of aliphatic hydroxyl groups is 1. The van der Waals surface area contributed by atoms with Gasteiger partial charge in [0.1, 0.15) is 5.69 Å². The Balaban J connectivity index is 2.05. The van der Waals surface area contributed by atoms with Gasteiger partial charge < -0.3 is 9.63 Å². The zero-order chi connectivity index (χ0) is 14.6. The molecule has 2 heterocycles. The Kier molecular flexibility index (Phi) is 4.46. The molecule has 0 spiro atoms. The van der Waals surface area contributed by atoms with Crippen LogP contribution in [0.15, 0.2) is 28.9 Å². The highest BCUT2D eigenvalue weighted by molar-refractivity contribution is 5.46. The molecule has 0 aliphatic heterocycles. The second-order valence-corrected chi connectivity index (χ2v) is 5.34. The first-order valence-corrected chi connectivity index (χ1v) is 6.66. The maximum absolute atomic E-state index is 9.86. The van der Waals surface area contributed by atoms with E-state index in [1.165, 1.54) is 0 Å². The number of hydrogen-bond acceptors (Lipinski definition) is 6. The number of rotatable bonds is 6. The Hall–Kier alpha value is -1.79. The van der Waals surface area contributed by atoms with E-state index in [1.807, 2.05) is 25.1 Å². The number of hydrogen-bond donors (Lipinski definition) is 1. The first-order chi connectivity index (χ1) is 9.48. The fourth-order valence-electron chi connectivity index (χ4n) is 1.94. The number of nitrogens with zero attached hydrogens (tertiary/aromatic N) is 4. The van der Waals surface area contributed by atoms with Gasteiger partial charge >= 0.3 is 0 Å². The van der Waals surface area contributed by atoms with E-state index in [0.29, 0.717) is 30.5 Å². The van der Waals surface area contributed by atoms with Crippen LogP contribution in [-0.2, 0) is 6.54 Å². The lowest BCUT2D eigenvalue weighted by Gasteiger charge is -2.26. The first kappa shape index (κ1) is 14.6. The summed E-state index contributed by atoms with van der Waals surface area (Å²) in [5, 5.41) is 13.8. The highest BCUT2D eigenvalue weighted by Crippen LogP contribution is 2.14. The standard InChI is InChI=1S/C14H20N4O2/c1-4-18(10-14(2,3)19)9-12-16-13(17-20-12)11-7-5-6-8-15-11/h5-8,19H,4,9-10H2,1-3H3. The van der Waals surface area contributed by atoms with E-state index in [1.54, 1.807) is 20.0 Å². The van der Waals surface area contributed by atoms with Gasteiger partial charge in [-0.1, -0.05) is 18.1 Å². The van der Waals surface area contributed by atoms with Gasteiger partial charge in [-0.2, -0.15) is 4.98 Å². The number of pyridine rings is 1. The van der Waals surface area contributed by atoms with E-state index in [9.17, 15) is 5.11 Å². The molecule has 0 aliphatic rings. The molecule has 1 N–H and O–H groups in total. The van der Waals surface area contributed by atoms with Crippen LogP contribution < -0.4 is 0 Å². The molecule has 2 aromatic rings. The van der Waals surface area contributed by atoms with Crippen molar-refractivity contribution in [2.75, 3.05) is 13.1 Å². The third-order valence-electron chi connectivity index (χ3n) is 2.78. The van der Waals surface area contributed by atoms with Gasteiger partial charge in [-0.25, -0.2) is 0 Å². The molecule has 0 bridgehead atoms. The fraction of sp³-hybridized carbons (Fsp3) is 0.500. The van der Waals surface area contributed by atoms with Gasteiger partial charge in [0.25, 0.3) is 0 Å². The molecule has 2 rings (SSSR count). The minimum atomic E-state index is -0.750. The Morgan fingerprint density at radius 3 is 2.75 bits per heavy atom. The summed E-state index contributed by atoms with van der Waals surface area (Å²) in [5.74, 6) is 1.01. The summed E-state index contributed by atoms with van der Waals surface area (Å²) in [7, 11) is 0. The van der Waals surface area contributed by atoms with E-state index < -0.39 is 5.60 Å². The van der Waals surface area contributed by atoms with Crippen LogP contribution in [0.2, 0.25) is 0 Å². The SMILES string of the molecule is CCN(Cc1nc(-c2ccccn2)no1)CC(C)(C)O. The van der Waals surface area contributed by atoms with Crippen molar-refractivity contribution in [3.05, 3.63) is 30.3 Å². The summed E-state index contributed by atoms with van der Waals surface area (Å²) in [6, 6.07) is 5.56. The largest absolute Gasteiger partial charge is 0.389 e. The number of aromatic nitrogens is 3. The van der Waals surface area contributed by atoms with Gasteiger partial charge in [0.15, 0.2) is 0 Å². The topological polar surface area (TPSA) is 75.3 Å². The maximum Gasteiger partial charge on any atom is 0.241 e. The van der Waals surface area contributed by atoms with E-state index in [2.05, 4.69) is 20.0 Å². The van der Waals surface area contributed by atoms with Crippen molar-refractivity contribution in [2.45, 2.75) is 32.9 Å². The van der Waals surface area contributed by atoms with E-state index in [4.69, 9.17) is 4.52 Å². The monoisotopic (exact) mass is 276 g/mol. The number of likely N-dealkylation sites (N-methyl/N-ethyl adjacent to an activating group) is 1. The molecule has 0 radical (unpaired) electrons. The molecular formula is C14H20N4O2. The highest BCUT2D eigenvalue weighted by atomic mass is 16.5. The molecule has 108 valence electrons. The zero-order valence-corrected chi connectivity index (χ0v) is 12.1. The zero-order valence-electron chi connectivity index (χ0n) is 12.1. The Morgan fingerprint density at radius 2 is 2.15 bits per heavy atom. The van der Waals surface area contributed by atoms with Crippen LogP contribution in [-0.4, -0.2) is 43.8 Å². The lowest BCUT2D eigenvalue weighted by atomic mass is 10.1. The molecule has 0 aromatic carbocycles. The van der Waals surface area contributed by atoms with Gasteiger partial charge in [0, 0.05) is 12.7 Å². The van der Waals surface area contributed by atoms with Gasteiger partial charge in [-0.3, -0.25) is 9.88 Å². The summed E-state index contributed by atoms with van der Waals surface area (Å²) >= 11 is 0. The van der Waals surface area contributed by atoms with Crippen molar-refractivity contribution in [2.24, 2.45) is 0 Å². The minimum absolute atomic E-state index is 0.486.